The number of halogens is 3. The molecule has 1 aliphatic heterocycles. The molecule has 0 aromatic carbocycles. The number of carbonyl (C=O) groups excluding carboxylic acids is 2. The third kappa shape index (κ3) is 4.17. The molecule has 0 bridgehead atoms. The van der Waals surface area contributed by atoms with Crippen LogP contribution in [0.4, 0.5) is 13.2 Å². The van der Waals surface area contributed by atoms with Crippen molar-refractivity contribution in [2.75, 3.05) is 19.6 Å². The van der Waals surface area contributed by atoms with E-state index >= 15 is 0 Å². The maximum absolute atomic E-state index is 12.7. The zero-order chi connectivity index (χ0) is 23.2. The predicted molar refractivity (Wildman–Crippen MR) is 111 cm³/mol. The van der Waals surface area contributed by atoms with Gasteiger partial charge in [-0.1, -0.05) is 0 Å². The van der Waals surface area contributed by atoms with E-state index in [-0.39, 0.29) is 28.6 Å². The largest absolute Gasteiger partial charge is 0.449 e. The van der Waals surface area contributed by atoms with Crippen molar-refractivity contribution in [2.24, 2.45) is 11.3 Å². The van der Waals surface area contributed by atoms with Crippen molar-refractivity contribution in [3.05, 3.63) is 59.9 Å². The van der Waals surface area contributed by atoms with Crippen molar-refractivity contribution in [1.82, 2.24) is 20.2 Å². The normalized spacial score (nSPS) is 19.6. The fraction of sp³-hybridized carbons (Fsp3) is 0.391. The van der Waals surface area contributed by atoms with Crippen LogP contribution in [0.1, 0.15) is 45.9 Å². The van der Waals surface area contributed by atoms with E-state index in [2.05, 4.69) is 15.3 Å². The molecule has 1 spiro atoms. The first-order valence-corrected chi connectivity index (χ1v) is 10.7. The van der Waals surface area contributed by atoms with Gasteiger partial charge in [-0.05, 0) is 54.9 Å². The number of alkyl halides is 3. The summed E-state index contributed by atoms with van der Waals surface area (Å²) in [4.78, 5) is 34.1. The number of pyridine rings is 2. The Hall–Kier alpha value is -3.43. The van der Waals surface area contributed by atoms with Gasteiger partial charge in [-0.25, -0.2) is 0 Å². The number of hydrogen-bond acceptors (Lipinski definition) is 5. The number of aromatic nitrogens is 2. The first-order chi connectivity index (χ1) is 15.7. The van der Waals surface area contributed by atoms with Crippen molar-refractivity contribution in [3.63, 3.8) is 0 Å². The number of rotatable bonds is 4. The van der Waals surface area contributed by atoms with Crippen LogP contribution >= 0.6 is 0 Å². The van der Waals surface area contributed by atoms with Crippen LogP contribution in [-0.2, 0) is 6.18 Å². The summed E-state index contributed by atoms with van der Waals surface area (Å²) in [6, 6.07) is 5.47. The van der Waals surface area contributed by atoms with Crippen LogP contribution in [0.25, 0.3) is 11.0 Å². The number of nitrogens with one attached hydrogen (secondary N) is 1. The summed E-state index contributed by atoms with van der Waals surface area (Å²) in [6.07, 6.45) is 2.22. The lowest BCUT2D eigenvalue weighted by atomic mass is 9.90. The first kappa shape index (κ1) is 21.4. The molecule has 3 aromatic heterocycles. The van der Waals surface area contributed by atoms with Gasteiger partial charge in [0.25, 0.3) is 11.8 Å². The smallest absolute Gasteiger partial charge is 0.433 e. The summed E-state index contributed by atoms with van der Waals surface area (Å²) in [7, 11) is 0. The minimum Gasteiger partial charge on any atom is -0.449 e. The van der Waals surface area contributed by atoms with Crippen LogP contribution in [0, 0.1) is 11.3 Å². The Labute approximate surface area is 187 Å². The molecule has 2 amide bonds. The molecular weight excluding hydrogens is 437 g/mol. The highest BCUT2D eigenvalue weighted by Gasteiger charge is 2.54. The van der Waals surface area contributed by atoms with Crippen LogP contribution in [-0.4, -0.2) is 46.3 Å². The summed E-state index contributed by atoms with van der Waals surface area (Å²) in [5.41, 5.74) is -0.204. The molecule has 7 nitrogen and oxygen atoms in total. The maximum atomic E-state index is 12.7. The number of piperidine rings is 1. The molecule has 0 radical (unpaired) electrons. The third-order valence-electron chi connectivity index (χ3n) is 6.76. The minimum absolute atomic E-state index is 0.0975. The molecule has 1 N–H and O–H groups in total. The zero-order valence-corrected chi connectivity index (χ0v) is 17.6. The van der Waals surface area contributed by atoms with Crippen molar-refractivity contribution >= 4 is 22.8 Å². The SMILES string of the molecule is O=C(NCC1CC12CCN(C(=O)c1ccc(C(F)(F)F)nc1)CC2)c1cc2ccncc2o1. The quantitative estimate of drug-likeness (QED) is 0.641. The van der Waals surface area contributed by atoms with E-state index in [1.807, 2.05) is 0 Å². The number of carbonyl (C=O) groups is 2. The topological polar surface area (TPSA) is 88.3 Å². The van der Waals surface area contributed by atoms with E-state index in [1.54, 1.807) is 29.4 Å². The zero-order valence-electron chi connectivity index (χ0n) is 17.6. The molecule has 10 heteroatoms. The monoisotopic (exact) mass is 458 g/mol. The molecule has 1 aliphatic carbocycles. The van der Waals surface area contributed by atoms with E-state index in [9.17, 15) is 22.8 Å². The van der Waals surface area contributed by atoms with Crippen LogP contribution in [0.5, 0.6) is 0 Å². The molecule has 4 heterocycles. The Morgan fingerprint density at radius 3 is 2.64 bits per heavy atom. The average molecular weight is 458 g/mol. The third-order valence-corrected chi connectivity index (χ3v) is 6.76. The molecule has 2 fully saturated rings. The molecule has 1 atom stereocenters. The molecule has 1 saturated carbocycles. The van der Waals surface area contributed by atoms with Crippen molar-refractivity contribution < 1.29 is 27.2 Å². The lowest BCUT2D eigenvalue weighted by Crippen LogP contribution is -2.40. The van der Waals surface area contributed by atoms with E-state index in [1.165, 1.54) is 6.07 Å². The fourth-order valence-electron chi connectivity index (χ4n) is 4.66. The Balaban J connectivity index is 1.12. The molecule has 2 aliphatic rings. The second-order valence-corrected chi connectivity index (χ2v) is 8.72. The number of fused-ring (bicyclic) bond motifs is 1. The highest BCUT2D eigenvalue weighted by molar-refractivity contribution is 5.96. The van der Waals surface area contributed by atoms with Gasteiger partial charge in [0, 0.05) is 37.4 Å². The summed E-state index contributed by atoms with van der Waals surface area (Å²) in [5.74, 6) is 0.00219. The van der Waals surface area contributed by atoms with Crippen LogP contribution < -0.4 is 5.32 Å². The molecule has 172 valence electrons. The van der Waals surface area contributed by atoms with Gasteiger partial charge >= 0.3 is 6.18 Å². The van der Waals surface area contributed by atoms with Gasteiger partial charge in [-0.3, -0.25) is 19.6 Å². The van der Waals surface area contributed by atoms with E-state index in [4.69, 9.17) is 4.42 Å². The van der Waals surface area contributed by atoms with Crippen molar-refractivity contribution in [3.8, 4) is 0 Å². The lowest BCUT2D eigenvalue weighted by Gasteiger charge is -2.33. The number of furan rings is 1. The summed E-state index contributed by atoms with van der Waals surface area (Å²) in [6.45, 7) is 1.59. The second-order valence-electron chi connectivity index (χ2n) is 8.72. The molecule has 1 saturated heterocycles. The summed E-state index contributed by atoms with van der Waals surface area (Å²) in [5, 5.41) is 3.75. The highest BCUT2D eigenvalue weighted by atomic mass is 19.4. The number of likely N-dealkylation sites (tertiary alicyclic amines) is 1. The second kappa shape index (κ2) is 7.86. The van der Waals surface area contributed by atoms with E-state index < -0.39 is 11.9 Å². The lowest BCUT2D eigenvalue weighted by molar-refractivity contribution is -0.141. The fourth-order valence-corrected chi connectivity index (χ4v) is 4.66. The Morgan fingerprint density at radius 2 is 1.97 bits per heavy atom. The number of nitrogens with zero attached hydrogens (tertiary/aromatic N) is 3. The van der Waals surface area contributed by atoms with Gasteiger partial charge in [0.05, 0.1) is 11.8 Å². The molecule has 1 unspecified atom stereocenters. The Kier molecular flexibility index (Phi) is 5.10. The molecule has 5 rings (SSSR count). The number of hydrogen-bond donors (Lipinski definition) is 1. The predicted octanol–water partition coefficient (Wildman–Crippen LogP) is 3.91. The van der Waals surface area contributed by atoms with Gasteiger partial charge in [0.1, 0.15) is 5.69 Å². The van der Waals surface area contributed by atoms with Crippen molar-refractivity contribution in [2.45, 2.75) is 25.4 Å². The highest BCUT2D eigenvalue weighted by Crippen LogP contribution is 2.59. The van der Waals surface area contributed by atoms with Gasteiger partial charge in [-0.2, -0.15) is 13.2 Å². The van der Waals surface area contributed by atoms with E-state index in [0.29, 0.717) is 31.1 Å². The van der Waals surface area contributed by atoms with Gasteiger partial charge < -0.3 is 14.6 Å². The Morgan fingerprint density at radius 1 is 1.18 bits per heavy atom. The van der Waals surface area contributed by atoms with Gasteiger partial charge in [-0.15, -0.1) is 0 Å². The van der Waals surface area contributed by atoms with Crippen LogP contribution in [0.3, 0.4) is 0 Å². The summed E-state index contributed by atoms with van der Waals surface area (Å²) < 4.78 is 43.6. The first-order valence-electron chi connectivity index (χ1n) is 10.7. The minimum atomic E-state index is -4.53. The van der Waals surface area contributed by atoms with E-state index in [0.717, 1.165) is 36.9 Å². The summed E-state index contributed by atoms with van der Waals surface area (Å²) >= 11 is 0. The standard InChI is InChI=1S/C23H21F3N4O3/c24-23(25,26)19-2-1-15(11-28-19)21(32)30-7-4-22(5-8-30)10-16(22)12-29-20(31)17-9-14-3-6-27-13-18(14)33-17/h1-3,6,9,11,13,16H,4-5,7-8,10,12H2,(H,29,31). The molecule has 3 aromatic rings. The molecular formula is C23H21F3N4O3. The van der Waals surface area contributed by atoms with Gasteiger partial charge in [0.15, 0.2) is 11.3 Å². The van der Waals surface area contributed by atoms with Crippen LogP contribution in [0.15, 0.2) is 47.3 Å². The van der Waals surface area contributed by atoms with Gasteiger partial charge in [0.2, 0.25) is 0 Å². The van der Waals surface area contributed by atoms with Crippen LogP contribution in [0.2, 0.25) is 0 Å². The van der Waals surface area contributed by atoms with Crippen molar-refractivity contribution in [1.29, 1.82) is 0 Å². The average Bonchev–Trinajstić information content (AvgIpc) is 3.28. The molecule has 33 heavy (non-hydrogen) atoms. The number of amides is 2. The maximum Gasteiger partial charge on any atom is 0.433 e. The Bertz CT molecular complexity index is 1160.